The lowest BCUT2D eigenvalue weighted by Gasteiger charge is -2.35. The summed E-state index contributed by atoms with van der Waals surface area (Å²) in [6.45, 7) is 9.25. The molecule has 0 aliphatic carbocycles. The quantitative estimate of drug-likeness (QED) is 0.625. The zero-order chi connectivity index (χ0) is 22.8. The van der Waals surface area contributed by atoms with Crippen LogP contribution in [0.25, 0.3) is 10.8 Å². The number of nitrogens with one attached hydrogen (secondary N) is 1. The minimum Gasteiger partial charge on any atom is -0.462 e. The van der Waals surface area contributed by atoms with E-state index in [4.69, 9.17) is 14.7 Å². The molecule has 0 radical (unpaired) electrons. The second-order valence-electron chi connectivity index (χ2n) is 9.27. The molecule has 2 aromatic carbocycles. The van der Waals surface area contributed by atoms with Crippen molar-refractivity contribution in [3.63, 3.8) is 0 Å². The Hall–Kier alpha value is -2.90. The molecule has 5 rings (SSSR count). The van der Waals surface area contributed by atoms with Gasteiger partial charge in [0.15, 0.2) is 0 Å². The predicted molar refractivity (Wildman–Crippen MR) is 135 cm³/mol. The van der Waals surface area contributed by atoms with Gasteiger partial charge in [-0.1, -0.05) is 30.3 Å². The summed E-state index contributed by atoms with van der Waals surface area (Å²) < 4.78 is 6.02. The van der Waals surface area contributed by atoms with E-state index in [0.29, 0.717) is 12.6 Å². The standard InChI is InChI=1S/C26H34N6O/c1-19-6-4-7-20-8-5-9-23(24(19)20)32-13-10-21-22(18-32)28-26(33-17-16-30(2)3)29-25(21)31-14-11-27-12-15-31/h4-9,27H,10-18H2,1-3H3. The molecule has 0 spiro atoms. The molecule has 0 atom stereocenters. The zero-order valence-electron chi connectivity index (χ0n) is 20.0. The van der Waals surface area contributed by atoms with Crippen molar-refractivity contribution in [1.82, 2.24) is 20.2 Å². The van der Waals surface area contributed by atoms with Crippen molar-refractivity contribution >= 4 is 22.3 Å². The molecular weight excluding hydrogens is 412 g/mol. The van der Waals surface area contributed by atoms with Crippen molar-refractivity contribution < 1.29 is 4.74 Å². The highest BCUT2D eigenvalue weighted by Gasteiger charge is 2.27. The zero-order valence-corrected chi connectivity index (χ0v) is 20.0. The highest BCUT2D eigenvalue weighted by atomic mass is 16.5. The Bertz CT molecular complexity index is 1120. The Morgan fingerprint density at radius 2 is 1.79 bits per heavy atom. The molecule has 2 aliphatic rings. The van der Waals surface area contributed by atoms with Gasteiger partial charge in [-0.05, 0) is 44.5 Å². The molecule has 0 saturated carbocycles. The fourth-order valence-electron chi connectivity index (χ4n) is 4.89. The van der Waals surface area contributed by atoms with E-state index in [2.05, 4.69) is 63.3 Å². The summed E-state index contributed by atoms with van der Waals surface area (Å²) in [5.41, 5.74) is 4.97. The van der Waals surface area contributed by atoms with Gasteiger partial charge in [0.1, 0.15) is 12.4 Å². The van der Waals surface area contributed by atoms with Gasteiger partial charge in [-0.2, -0.15) is 9.97 Å². The van der Waals surface area contributed by atoms with E-state index in [9.17, 15) is 0 Å². The number of anilines is 2. The molecule has 3 aromatic rings. The molecule has 0 bridgehead atoms. The molecular formula is C26H34N6O. The molecule has 1 fully saturated rings. The Morgan fingerprint density at radius 1 is 1.00 bits per heavy atom. The second kappa shape index (κ2) is 9.53. The lowest BCUT2D eigenvalue weighted by atomic mass is 9.99. The maximum Gasteiger partial charge on any atom is 0.318 e. The molecule has 1 aromatic heterocycles. The second-order valence-corrected chi connectivity index (χ2v) is 9.27. The van der Waals surface area contributed by atoms with E-state index in [1.54, 1.807) is 0 Å². The van der Waals surface area contributed by atoms with Crippen molar-refractivity contribution in [2.45, 2.75) is 19.9 Å². The summed E-state index contributed by atoms with van der Waals surface area (Å²) in [6, 6.07) is 13.6. The first-order chi connectivity index (χ1) is 16.1. The largest absolute Gasteiger partial charge is 0.462 e. The molecule has 1 N–H and O–H groups in total. The van der Waals surface area contributed by atoms with Crippen LogP contribution in [-0.2, 0) is 13.0 Å². The SMILES string of the molecule is Cc1cccc2cccc(N3CCc4c(nc(OCCN(C)C)nc4N4CCNCC4)C3)c12. The van der Waals surface area contributed by atoms with Crippen LogP contribution in [0, 0.1) is 6.92 Å². The Kier molecular flexibility index (Phi) is 6.33. The van der Waals surface area contributed by atoms with Crippen LogP contribution in [0.2, 0.25) is 0 Å². The Balaban J connectivity index is 1.49. The van der Waals surface area contributed by atoms with Gasteiger partial charge in [0.2, 0.25) is 0 Å². The average Bonchev–Trinajstić information content (AvgIpc) is 2.83. The molecule has 2 aliphatic heterocycles. The van der Waals surface area contributed by atoms with Crippen molar-refractivity contribution in [1.29, 1.82) is 0 Å². The third-order valence-electron chi connectivity index (χ3n) is 6.64. The van der Waals surface area contributed by atoms with Gasteiger partial charge in [0, 0.05) is 55.9 Å². The van der Waals surface area contributed by atoms with Gasteiger partial charge >= 0.3 is 6.01 Å². The third-order valence-corrected chi connectivity index (χ3v) is 6.64. The molecule has 1 saturated heterocycles. The number of likely N-dealkylation sites (N-methyl/N-ethyl adjacent to an activating group) is 1. The predicted octanol–water partition coefficient (Wildman–Crippen LogP) is 2.85. The number of hydrogen-bond acceptors (Lipinski definition) is 7. The number of fused-ring (bicyclic) bond motifs is 2. The van der Waals surface area contributed by atoms with Crippen LogP contribution < -0.4 is 19.9 Å². The van der Waals surface area contributed by atoms with Crippen LogP contribution in [0.15, 0.2) is 36.4 Å². The van der Waals surface area contributed by atoms with Crippen LogP contribution in [0.3, 0.4) is 0 Å². The monoisotopic (exact) mass is 446 g/mol. The van der Waals surface area contributed by atoms with E-state index in [1.165, 1.54) is 27.6 Å². The first kappa shape index (κ1) is 21.9. The van der Waals surface area contributed by atoms with E-state index in [0.717, 1.165) is 63.7 Å². The molecule has 174 valence electrons. The fourth-order valence-corrected chi connectivity index (χ4v) is 4.89. The van der Waals surface area contributed by atoms with Crippen LogP contribution >= 0.6 is 0 Å². The van der Waals surface area contributed by atoms with Crippen LogP contribution in [0.5, 0.6) is 6.01 Å². The number of piperazine rings is 1. The van der Waals surface area contributed by atoms with Crippen LogP contribution in [-0.4, -0.2) is 74.8 Å². The first-order valence-electron chi connectivity index (χ1n) is 12.0. The van der Waals surface area contributed by atoms with Gasteiger partial charge < -0.3 is 24.8 Å². The summed E-state index contributed by atoms with van der Waals surface area (Å²) in [6.07, 6.45) is 0.939. The van der Waals surface area contributed by atoms with Crippen molar-refractivity contribution in [3.05, 3.63) is 53.2 Å². The van der Waals surface area contributed by atoms with Crippen molar-refractivity contribution in [2.75, 3.05) is 69.8 Å². The van der Waals surface area contributed by atoms with Gasteiger partial charge in [-0.25, -0.2) is 0 Å². The van der Waals surface area contributed by atoms with E-state index >= 15 is 0 Å². The number of rotatable bonds is 6. The summed E-state index contributed by atoms with van der Waals surface area (Å²) in [4.78, 5) is 16.8. The lowest BCUT2D eigenvalue weighted by Crippen LogP contribution is -2.45. The summed E-state index contributed by atoms with van der Waals surface area (Å²) in [5, 5.41) is 6.07. The van der Waals surface area contributed by atoms with Gasteiger partial charge in [-0.3, -0.25) is 0 Å². The highest BCUT2D eigenvalue weighted by Crippen LogP contribution is 2.35. The number of nitrogens with zero attached hydrogens (tertiary/aromatic N) is 5. The van der Waals surface area contributed by atoms with Gasteiger partial charge in [0.25, 0.3) is 0 Å². The smallest absolute Gasteiger partial charge is 0.318 e. The molecule has 3 heterocycles. The van der Waals surface area contributed by atoms with Crippen molar-refractivity contribution in [2.24, 2.45) is 0 Å². The normalized spacial score (nSPS) is 16.4. The number of benzene rings is 2. The number of ether oxygens (including phenoxy) is 1. The average molecular weight is 447 g/mol. The number of aryl methyl sites for hydroxylation is 1. The molecule has 0 amide bonds. The maximum absolute atomic E-state index is 6.02. The molecule has 0 unspecified atom stereocenters. The Labute approximate surface area is 196 Å². The summed E-state index contributed by atoms with van der Waals surface area (Å²) >= 11 is 0. The number of hydrogen-bond donors (Lipinski definition) is 1. The first-order valence-corrected chi connectivity index (χ1v) is 12.0. The number of aromatic nitrogens is 2. The molecule has 33 heavy (non-hydrogen) atoms. The minimum atomic E-state index is 0.500. The van der Waals surface area contributed by atoms with Crippen molar-refractivity contribution in [3.8, 4) is 6.01 Å². The lowest BCUT2D eigenvalue weighted by molar-refractivity contribution is 0.244. The van der Waals surface area contributed by atoms with Gasteiger partial charge in [0.05, 0.1) is 12.2 Å². The summed E-state index contributed by atoms with van der Waals surface area (Å²) in [7, 11) is 4.10. The van der Waals surface area contributed by atoms with E-state index < -0.39 is 0 Å². The summed E-state index contributed by atoms with van der Waals surface area (Å²) in [5.74, 6) is 1.06. The minimum absolute atomic E-state index is 0.500. The highest BCUT2D eigenvalue weighted by molar-refractivity contribution is 5.97. The topological polar surface area (TPSA) is 56.8 Å². The van der Waals surface area contributed by atoms with Gasteiger partial charge in [-0.15, -0.1) is 0 Å². The Morgan fingerprint density at radius 3 is 2.58 bits per heavy atom. The van der Waals surface area contributed by atoms with Crippen LogP contribution in [0.1, 0.15) is 16.8 Å². The fraction of sp³-hybridized carbons (Fsp3) is 0.462. The van der Waals surface area contributed by atoms with E-state index in [1.807, 2.05) is 14.1 Å². The molecule has 7 nitrogen and oxygen atoms in total. The third kappa shape index (κ3) is 4.61. The molecule has 7 heteroatoms. The van der Waals surface area contributed by atoms with Crippen LogP contribution in [0.4, 0.5) is 11.5 Å². The van der Waals surface area contributed by atoms with E-state index in [-0.39, 0.29) is 0 Å². The maximum atomic E-state index is 6.02.